The van der Waals surface area contributed by atoms with Crippen LogP contribution in [0.4, 0.5) is 5.69 Å². The van der Waals surface area contributed by atoms with Gasteiger partial charge in [0.05, 0.1) is 10.3 Å². The molecule has 0 aliphatic carbocycles. The number of benzene rings is 2. The van der Waals surface area contributed by atoms with Gasteiger partial charge in [-0.25, -0.2) is 0 Å². The molecule has 0 aliphatic rings. The molecule has 5 nitrogen and oxygen atoms in total. The predicted octanol–water partition coefficient (Wildman–Crippen LogP) is 3.52. The monoisotopic (exact) mass is 286 g/mol. The normalized spacial score (nSPS) is 10.8. The topological polar surface area (TPSA) is 72.2 Å². The highest BCUT2D eigenvalue weighted by Crippen LogP contribution is 2.28. The lowest BCUT2D eigenvalue weighted by molar-refractivity contribution is -0.383. The highest BCUT2D eigenvalue weighted by atomic mass is 16.6. The number of amides is 1. The molecule has 2 aromatic rings. The van der Waals surface area contributed by atoms with Crippen LogP contribution in [0.1, 0.15) is 30.6 Å². The Hall–Kier alpha value is -2.43. The molecular formula is C16H18N2O3. The number of carbonyl (C=O) groups excluding carboxylic acids is 1. The molecule has 0 fully saturated rings. The van der Waals surface area contributed by atoms with E-state index in [2.05, 4.69) is 19.2 Å². The fourth-order valence-corrected chi connectivity index (χ4v) is 2.21. The van der Waals surface area contributed by atoms with Crippen LogP contribution < -0.4 is 5.32 Å². The van der Waals surface area contributed by atoms with Crippen LogP contribution in [-0.2, 0) is 0 Å². The maximum atomic E-state index is 12.2. The van der Waals surface area contributed by atoms with E-state index in [-0.39, 0.29) is 11.6 Å². The van der Waals surface area contributed by atoms with E-state index >= 15 is 0 Å². The van der Waals surface area contributed by atoms with Gasteiger partial charge < -0.3 is 5.32 Å². The van der Waals surface area contributed by atoms with Crippen molar-refractivity contribution in [3.8, 4) is 0 Å². The molecule has 0 bridgehead atoms. The van der Waals surface area contributed by atoms with Gasteiger partial charge in [0.2, 0.25) is 0 Å². The fraction of sp³-hybridized carbons (Fsp3) is 0.312. The van der Waals surface area contributed by atoms with E-state index in [9.17, 15) is 14.9 Å². The van der Waals surface area contributed by atoms with Crippen molar-refractivity contribution >= 4 is 22.4 Å². The third-order valence-electron chi connectivity index (χ3n) is 3.35. The Labute approximate surface area is 123 Å². The van der Waals surface area contributed by atoms with E-state index in [0.717, 1.165) is 6.42 Å². The third kappa shape index (κ3) is 3.37. The third-order valence-corrected chi connectivity index (χ3v) is 3.35. The molecule has 0 spiro atoms. The van der Waals surface area contributed by atoms with Gasteiger partial charge in [0, 0.05) is 23.6 Å². The second-order valence-electron chi connectivity index (χ2n) is 5.37. The van der Waals surface area contributed by atoms with E-state index < -0.39 is 4.92 Å². The van der Waals surface area contributed by atoms with Crippen LogP contribution in [0, 0.1) is 16.0 Å². The van der Waals surface area contributed by atoms with Crippen LogP contribution in [-0.4, -0.2) is 17.4 Å². The Bertz CT molecular complexity index is 680. The van der Waals surface area contributed by atoms with Crippen LogP contribution >= 0.6 is 0 Å². The zero-order valence-electron chi connectivity index (χ0n) is 12.1. The molecule has 0 saturated heterocycles. The van der Waals surface area contributed by atoms with Crippen LogP contribution in [0.3, 0.4) is 0 Å². The lowest BCUT2D eigenvalue weighted by Gasteiger charge is -2.09. The zero-order chi connectivity index (χ0) is 15.4. The maximum absolute atomic E-state index is 12.2. The molecule has 0 unspecified atom stereocenters. The molecule has 0 aromatic heterocycles. The summed E-state index contributed by atoms with van der Waals surface area (Å²) in [5.74, 6) is 0.320. The largest absolute Gasteiger partial charge is 0.352 e. The van der Waals surface area contributed by atoms with Crippen molar-refractivity contribution in [2.45, 2.75) is 20.3 Å². The fourth-order valence-electron chi connectivity index (χ4n) is 2.21. The number of non-ortho nitro benzene ring substituents is 1. The Morgan fingerprint density at radius 1 is 1.19 bits per heavy atom. The first-order chi connectivity index (χ1) is 10.0. The number of nitro groups is 1. The maximum Gasteiger partial charge on any atom is 0.277 e. The summed E-state index contributed by atoms with van der Waals surface area (Å²) in [5, 5.41) is 15.0. The number of fused-ring (bicyclic) bond motifs is 1. The number of nitrogens with one attached hydrogen (secondary N) is 1. The van der Waals surface area contributed by atoms with Gasteiger partial charge in [-0.2, -0.15) is 0 Å². The van der Waals surface area contributed by atoms with Crippen LogP contribution in [0.2, 0.25) is 0 Å². The van der Waals surface area contributed by atoms with Gasteiger partial charge in [0.25, 0.3) is 11.6 Å². The molecule has 1 N–H and O–H groups in total. The molecule has 0 saturated carbocycles. The summed E-state index contributed by atoms with van der Waals surface area (Å²) >= 11 is 0. The van der Waals surface area contributed by atoms with E-state index in [1.165, 1.54) is 12.1 Å². The first kappa shape index (κ1) is 15.0. The van der Waals surface area contributed by atoms with Crippen LogP contribution in [0.15, 0.2) is 36.4 Å². The van der Waals surface area contributed by atoms with Crippen molar-refractivity contribution in [3.05, 3.63) is 52.1 Å². The summed E-state index contributed by atoms with van der Waals surface area (Å²) in [6.45, 7) is 4.78. The van der Waals surface area contributed by atoms with Crippen LogP contribution in [0.5, 0.6) is 0 Å². The second kappa shape index (κ2) is 6.35. The Morgan fingerprint density at radius 3 is 2.48 bits per heavy atom. The first-order valence-corrected chi connectivity index (χ1v) is 6.95. The Morgan fingerprint density at radius 2 is 1.86 bits per heavy atom. The lowest BCUT2D eigenvalue weighted by Crippen LogP contribution is -2.25. The van der Waals surface area contributed by atoms with Gasteiger partial charge in [-0.15, -0.1) is 0 Å². The molecule has 2 aromatic carbocycles. The number of nitrogens with zero attached hydrogens (tertiary/aromatic N) is 1. The zero-order valence-corrected chi connectivity index (χ0v) is 12.1. The van der Waals surface area contributed by atoms with Crippen molar-refractivity contribution in [1.82, 2.24) is 5.32 Å². The molecule has 5 heteroatoms. The molecule has 0 heterocycles. The van der Waals surface area contributed by atoms with Crippen molar-refractivity contribution in [2.24, 2.45) is 5.92 Å². The number of carbonyl (C=O) groups is 1. The Balaban J connectivity index is 2.35. The van der Waals surface area contributed by atoms with Crippen molar-refractivity contribution in [2.75, 3.05) is 6.54 Å². The minimum Gasteiger partial charge on any atom is -0.352 e. The van der Waals surface area contributed by atoms with E-state index in [4.69, 9.17) is 0 Å². The predicted molar refractivity (Wildman–Crippen MR) is 82.4 cm³/mol. The second-order valence-corrected chi connectivity index (χ2v) is 5.37. The SMILES string of the molecule is CC(C)CCNC(=O)c1ccc([N+](=O)[O-])c2ccccc12. The number of nitro benzene ring substituents is 1. The quantitative estimate of drug-likeness (QED) is 0.675. The molecule has 0 atom stereocenters. The van der Waals surface area contributed by atoms with Crippen molar-refractivity contribution in [3.63, 3.8) is 0 Å². The summed E-state index contributed by atoms with van der Waals surface area (Å²) in [5.41, 5.74) is 0.490. The molecule has 1 amide bonds. The molecule has 0 radical (unpaired) electrons. The average molecular weight is 286 g/mol. The standard InChI is InChI=1S/C16H18N2O3/c1-11(2)9-10-17-16(19)14-7-8-15(18(20)21)13-6-4-3-5-12(13)14/h3-8,11H,9-10H2,1-2H3,(H,17,19). The number of rotatable bonds is 5. The summed E-state index contributed by atoms with van der Waals surface area (Å²) in [4.78, 5) is 22.9. The first-order valence-electron chi connectivity index (χ1n) is 6.95. The molecule has 0 aliphatic heterocycles. The number of hydrogen-bond donors (Lipinski definition) is 1. The molecule has 110 valence electrons. The number of hydrogen-bond acceptors (Lipinski definition) is 3. The summed E-state index contributed by atoms with van der Waals surface area (Å²) in [6.07, 6.45) is 0.899. The van der Waals surface area contributed by atoms with Gasteiger partial charge in [0.1, 0.15) is 0 Å². The summed E-state index contributed by atoms with van der Waals surface area (Å²) in [7, 11) is 0. The van der Waals surface area contributed by atoms with Gasteiger partial charge in [-0.3, -0.25) is 14.9 Å². The highest BCUT2D eigenvalue weighted by Gasteiger charge is 2.17. The minimum absolute atomic E-state index is 0.0179. The van der Waals surface area contributed by atoms with E-state index in [1.807, 2.05) is 0 Å². The van der Waals surface area contributed by atoms with Gasteiger partial charge in [-0.05, 0) is 24.5 Å². The highest BCUT2D eigenvalue weighted by molar-refractivity contribution is 6.09. The lowest BCUT2D eigenvalue weighted by atomic mass is 10.0. The van der Waals surface area contributed by atoms with Crippen molar-refractivity contribution < 1.29 is 9.72 Å². The molecule has 2 rings (SSSR count). The van der Waals surface area contributed by atoms with E-state index in [1.54, 1.807) is 24.3 Å². The van der Waals surface area contributed by atoms with Gasteiger partial charge >= 0.3 is 0 Å². The minimum atomic E-state index is -0.428. The molecular weight excluding hydrogens is 268 g/mol. The van der Waals surface area contributed by atoms with Gasteiger partial charge in [-0.1, -0.05) is 32.0 Å². The molecule has 21 heavy (non-hydrogen) atoms. The van der Waals surface area contributed by atoms with Crippen molar-refractivity contribution in [1.29, 1.82) is 0 Å². The van der Waals surface area contributed by atoms with Crippen LogP contribution in [0.25, 0.3) is 10.8 Å². The van der Waals surface area contributed by atoms with E-state index in [0.29, 0.717) is 28.8 Å². The Kier molecular flexibility index (Phi) is 4.52. The smallest absolute Gasteiger partial charge is 0.277 e. The summed E-state index contributed by atoms with van der Waals surface area (Å²) < 4.78 is 0. The van der Waals surface area contributed by atoms with Gasteiger partial charge in [0.15, 0.2) is 0 Å². The summed E-state index contributed by atoms with van der Waals surface area (Å²) in [6, 6.07) is 9.82. The average Bonchev–Trinajstić information content (AvgIpc) is 2.45.